The van der Waals surface area contributed by atoms with Gasteiger partial charge < -0.3 is 14.7 Å². The number of anilines is 1. The predicted molar refractivity (Wildman–Crippen MR) is 128 cm³/mol. The summed E-state index contributed by atoms with van der Waals surface area (Å²) < 4.78 is 5.26. The van der Waals surface area contributed by atoms with E-state index in [9.17, 15) is 14.7 Å². The first-order chi connectivity index (χ1) is 15.9. The van der Waals surface area contributed by atoms with E-state index in [1.165, 1.54) is 4.90 Å². The number of rotatable bonds is 7. The van der Waals surface area contributed by atoms with Crippen LogP contribution in [0.25, 0.3) is 5.57 Å². The number of β-amino-alcohol motifs (C(OH)–C–C–N with tert-alkyl or cyclic N) is 1. The minimum atomic E-state index is -0.310. The summed E-state index contributed by atoms with van der Waals surface area (Å²) in [5.41, 5.74) is 3.30. The van der Waals surface area contributed by atoms with E-state index in [1.54, 1.807) is 19.2 Å². The Bertz CT molecular complexity index is 1040. The van der Waals surface area contributed by atoms with Gasteiger partial charge in [0.05, 0.1) is 25.0 Å². The molecular formula is C26H31N3O4. The maximum atomic E-state index is 13.7. The number of nitrogens with zero attached hydrogens (tertiary/aromatic N) is 3. The van der Waals surface area contributed by atoms with Gasteiger partial charge in [-0.2, -0.15) is 0 Å². The first-order valence-corrected chi connectivity index (χ1v) is 11.4. The zero-order valence-electron chi connectivity index (χ0n) is 19.5. The number of hydrogen-bond acceptors (Lipinski definition) is 6. The van der Waals surface area contributed by atoms with Crippen LogP contribution in [-0.2, 0) is 9.59 Å². The fourth-order valence-corrected chi connectivity index (χ4v) is 4.41. The fourth-order valence-electron chi connectivity index (χ4n) is 4.41. The number of piperazine rings is 1. The molecule has 0 unspecified atom stereocenters. The third kappa shape index (κ3) is 4.51. The van der Waals surface area contributed by atoms with E-state index >= 15 is 0 Å². The Morgan fingerprint density at radius 3 is 2.09 bits per heavy atom. The molecule has 0 aliphatic carbocycles. The number of benzene rings is 2. The summed E-state index contributed by atoms with van der Waals surface area (Å²) in [6.07, 6.45) is 0. The smallest absolute Gasteiger partial charge is 0.282 e. The molecule has 1 fully saturated rings. The Morgan fingerprint density at radius 2 is 1.55 bits per heavy atom. The number of imide groups is 1. The summed E-state index contributed by atoms with van der Waals surface area (Å²) in [6.45, 7) is 7.63. The molecule has 2 heterocycles. The van der Waals surface area contributed by atoms with Gasteiger partial charge >= 0.3 is 0 Å². The number of ether oxygens (including phenoxy) is 1. The number of carbonyl (C=O) groups excluding carboxylic acids is 2. The summed E-state index contributed by atoms with van der Waals surface area (Å²) >= 11 is 0. The second-order valence-corrected chi connectivity index (χ2v) is 8.70. The van der Waals surface area contributed by atoms with Gasteiger partial charge in [-0.25, -0.2) is 4.90 Å². The molecule has 2 amide bonds. The van der Waals surface area contributed by atoms with Crippen molar-refractivity contribution in [1.29, 1.82) is 0 Å². The molecule has 0 radical (unpaired) electrons. The van der Waals surface area contributed by atoms with Crippen molar-refractivity contribution in [2.75, 3.05) is 51.3 Å². The van der Waals surface area contributed by atoms with E-state index in [1.807, 2.05) is 41.3 Å². The fraction of sp³-hybridized carbons (Fsp3) is 0.385. The second-order valence-electron chi connectivity index (χ2n) is 8.70. The van der Waals surface area contributed by atoms with E-state index in [2.05, 4.69) is 18.7 Å². The monoisotopic (exact) mass is 449 g/mol. The Morgan fingerprint density at radius 1 is 0.909 bits per heavy atom. The molecule has 0 saturated carbocycles. The normalized spacial score (nSPS) is 17.5. The maximum absolute atomic E-state index is 13.7. The standard InChI is InChI=1S/C26H31N3O4/c1-18(2)19-4-8-21(9-5-19)29-25(31)23(20-6-10-22(33-3)11-7-20)24(26(29)32)28-14-12-27(13-15-28)16-17-30/h4-11,18,30H,12-17H2,1-3H3. The zero-order chi connectivity index (χ0) is 23.5. The van der Waals surface area contributed by atoms with Crippen LogP contribution < -0.4 is 9.64 Å². The van der Waals surface area contributed by atoms with Crippen LogP contribution in [0, 0.1) is 0 Å². The average Bonchev–Trinajstić information content (AvgIpc) is 3.09. The molecule has 2 aromatic rings. The number of hydrogen-bond donors (Lipinski definition) is 1. The van der Waals surface area contributed by atoms with Crippen LogP contribution in [0.1, 0.15) is 30.9 Å². The topological polar surface area (TPSA) is 73.3 Å². The van der Waals surface area contributed by atoms with Gasteiger partial charge in [-0.1, -0.05) is 38.1 Å². The molecule has 2 aliphatic rings. The van der Waals surface area contributed by atoms with Gasteiger partial charge in [-0.3, -0.25) is 14.5 Å². The highest BCUT2D eigenvalue weighted by Crippen LogP contribution is 2.36. The van der Waals surface area contributed by atoms with Crippen LogP contribution in [0.4, 0.5) is 5.69 Å². The molecule has 4 rings (SSSR count). The zero-order valence-corrected chi connectivity index (χ0v) is 19.5. The van der Waals surface area contributed by atoms with Crippen molar-refractivity contribution in [1.82, 2.24) is 9.80 Å². The van der Waals surface area contributed by atoms with Crippen LogP contribution in [0.3, 0.4) is 0 Å². The lowest BCUT2D eigenvalue weighted by atomic mass is 10.0. The Hall–Kier alpha value is -3.16. The Balaban J connectivity index is 1.71. The molecular weight excluding hydrogens is 418 g/mol. The van der Waals surface area contributed by atoms with Crippen molar-refractivity contribution in [3.8, 4) is 5.75 Å². The Labute approximate surface area is 194 Å². The minimum absolute atomic E-state index is 0.108. The molecule has 1 saturated heterocycles. The summed E-state index contributed by atoms with van der Waals surface area (Å²) in [4.78, 5) is 32.8. The Kier molecular flexibility index (Phi) is 6.81. The third-order valence-electron chi connectivity index (χ3n) is 6.36. The van der Waals surface area contributed by atoms with Gasteiger partial charge in [0.15, 0.2) is 0 Å². The first kappa shape index (κ1) is 23.0. The average molecular weight is 450 g/mol. The first-order valence-electron chi connectivity index (χ1n) is 11.4. The van der Waals surface area contributed by atoms with E-state index < -0.39 is 0 Å². The molecule has 174 valence electrons. The highest BCUT2D eigenvalue weighted by atomic mass is 16.5. The molecule has 0 spiro atoms. The second kappa shape index (κ2) is 9.77. The third-order valence-corrected chi connectivity index (χ3v) is 6.36. The number of aliphatic hydroxyl groups excluding tert-OH is 1. The summed E-state index contributed by atoms with van der Waals surface area (Å²) in [6, 6.07) is 14.9. The minimum Gasteiger partial charge on any atom is -0.497 e. The van der Waals surface area contributed by atoms with E-state index in [0.29, 0.717) is 53.8 Å². The molecule has 0 aromatic heterocycles. The van der Waals surface area contributed by atoms with Crippen molar-refractivity contribution in [2.24, 2.45) is 0 Å². The lowest BCUT2D eigenvalue weighted by Gasteiger charge is -2.36. The van der Waals surface area contributed by atoms with Crippen LogP contribution in [0.2, 0.25) is 0 Å². The van der Waals surface area contributed by atoms with Gasteiger partial charge in [-0.15, -0.1) is 0 Å². The van der Waals surface area contributed by atoms with Gasteiger partial charge in [0.25, 0.3) is 11.8 Å². The SMILES string of the molecule is COc1ccc(C2=C(N3CCN(CCO)CC3)C(=O)N(c3ccc(C(C)C)cc3)C2=O)cc1. The lowest BCUT2D eigenvalue weighted by molar-refractivity contribution is -0.120. The van der Waals surface area contributed by atoms with Crippen molar-refractivity contribution < 1.29 is 19.4 Å². The summed E-state index contributed by atoms with van der Waals surface area (Å²) in [5.74, 6) is 0.452. The molecule has 7 nitrogen and oxygen atoms in total. The number of methoxy groups -OCH3 is 1. The van der Waals surface area contributed by atoms with Crippen LogP contribution in [0.5, 0.6) is 5.75 Å². The van der Waals surface area contributed by atoms with E-state index in [4.69, 9.17) is 4.74 Å². The molecule has 0 bridgehead atoms. The molecule has 2 aromatic carbocycles. The van der Waals surface area contributed by atoms with Crippen LogP contribution >= 0.6 is 0 Å². The molecule has 7 heteroatoms. The van der Waals surface area contributed by atoms with Crippen LogP contribution in [-0.4, -0.2) is 73.2 Å². The number of carbonyl (C=O) groups is 2. The van der Waals surface area contributed by atoms with Gasteiger partial charge in [0.1, 0.15) is 11.4 Å². The highest BCUT2D eigenvalue weighted by molar-refractivity contribution is 6.45. The lowest BCUT2D eigenvalue weighted by Crippen LogP contribution is -2.48. The van der Waals surface area contributed by atoms with Gasteiger partial charge in [0, 0.05) is 32.7 Å². The molecule has 2 aliphatic heterocycles. The number of aliphatic hydroxyl groups is 1. The maximum Gasteiger partial charge on any atom is 0.282 e. The molecule has 1 N–H and O–H groups in total. The number of amides is 2. The van der Waals surface area contributed by atoms with E-state index in [-0.39, 0.29) is 18.4 Å². The van der Waals surface area contributed by atoms with Gasteiger partial charge in [-0.05, 0) is 41.3 Å². The quantitative estimate of drug-likeness (QED) is 0.656. The highest BCUT2D eigenvalue weighted by Gasteiger charge is 2.43. The van der Waals surface area contributed by atoms with Crippen LogP contribution in [0.15, 0.2) is 54.2 Å². The summed E-state index contributed by atoms with van der Waals surface area (Å²) in [5, 5.41) is 9.24. The van der Waals surface area contributed by atoms with E-state index in [0.717, 1.165) is 18.7 Å². The largest absolute Gasteiger partial charge is 0.497 e. The van der Waals surface area contributed by atoms with Crippen molar-refractivity contribution in [3.05, 3.63) is 65.4 Å². The predicted octanol–water partition coefficient (Wildman–Crippen LogP) is 2.71. The van der Waals surface area contributed by atoms with Crippen molar-refractivity contribution >= 4 is 23.1 Å². The van der Waals surface area contributed by atoms with Gasteiger partial charge in [0.2, 0.25) is 0 Å². The molecule has 33 heavy (non-hydrogen) atoms. The summed E-state index contributed by atoms with van der Waals surface area (Å²) in [7, 11) is 1.60. The molecule has 0 atom stereocenters. The van der Waals surface area contributed by atoms with Crippen molar-refractivity contribution in [2.45, 2.75) is 19.8 Å². The van der Waals surface area contributed by atoms with Crippen molar-refractivity contribution in [3.63, 3.8) is 0 Å².